The van der Waals surface area contributed by atoms with Crippen LogP contribution in [0.15, 0.2) is 198 Å². The first-order chi connectivity index (χ1) is 53.4. The number of aromatic nitrogens is 10. The Balaban J connectivity index is 0.000000131. The van der Waals surface area contributed by atoms with Crippen LogP contribution in [0.4, 0.5) is 28.5 Å². The summed E-state index contributed by atoms with van der Waals surface area (Å²) in [6, 6.07) is 44.0. The molecule has 16 rings (SSSR count). The fourth-order valence-electron chi connectivity index (χ4n) is 12.3. The topological polar surface area (TPSA) is 250 Å². The quantitative estimate of drug-likeness (QED) is 0.0675. The van der Waals surface area contributed by atoms with Crippen molar-refractivity contribution in [2.24, 2.45) is 0 Å². The van der Waals surface area contributed by atoms with Gasteiger partial charge in [0.05, 0.1) is 63.2 Å². The molecule has 6 aromatic carbocycles. The summed E-state index contributed by atoms with van der Waals surface area (Å²) in [5, 5.41) is 36.8. The van der Waals surface area contributed by atoms with Crippen LogP contribution in [0, 0.1) is 61.2 Å². The molecule has 0 aliphatic heterocycles. The molecule has 0 aliphatic carbocycles. The molecule has 29 heteroatoms. The summed E-state index contributed by atoms with van der Waals surface area (Å²) in [6.45, 7) is 13.1. The molecule has 16 aromatic rings. The van der Waals surface area contributed by atoms with Crippen molar-refractivity contribution in [3.63, 3.8) is 0 Å². The first-order valence-electron chi connectivity index (χ1n) is 34.4. The van der Waals surface area contributed by atoms with Crippen molar-refractivity contribution in [1.29, 1.82) is 0 Å². The number of halogens is 4. The maximum Gasteiger partial charge on any atom is 0.280 e. The number of thiophene rings is 4. The number of hydrogen-bond acceptors (Lipinski definition) is 18. The summed E-state index contributed by atoms with van der Waals surface area (Å²) in [5.41, 5.74) is 7.64. The van der Waals surface area contributed by atoms with Gasteiger partial charge in [-0.05, 0) is 140 Å². The number of rotatable bonds is 16. The van der Waals surface area contributed by atoms with Gasteiger partial charge in [0.2, 0.25) is 11.6 Å². The third-order valence-electron chi connectivity index (χ3n) is 18.1. The normalized spacial score (nSPS) is 11.2. The van der Waals surface area contributed by atoms with Gasteiger partial charge in [-0.3, -0.25) is 48.1 Å². The van der Waals surface area contributed by atoms with Crippen LogP contribution >= 0.6 is 56.7 Å². The molecule has 111 heavy (non-hydrogen) atoms. The average Bonchev–Trinajstić information content (AvgIpc) is 1.42. The predicted octanol–water partition coefficient (Wildman–Crippen LogP) is 17.2. The standard InChI is InChI=1S/C25H21FN4O2S.C21H15FN2O2S.C20H17FN4O2S2.C16H13FN2O2S/c1-15-7-9-18(10-8-15)30-25(32)22-16(2)33-14-19(22)23(28-30)24(31)27-21-13-17-5-3-4-6-20(17)29(21)12-11-26;1-12-3-9-16(10-4-12)24-21(26)18-13(2)27-11-17(18)19(23-24)20(25)14-5-7-15(22)8-6-14;1-11-3-5-14(6-4-11)25-19(27)16-12(2)28-10-15(16)17(24-25)18(26)23-20-22-13(7-8-21)9-29-20;1-9-3-5-11(6-4-9)19-16(21)14-10(2)22-8-12(14)15(18-19)13(20)7-17/h3-10,13-14H,11-12H2,1-2H3,(H,27,31);3-11H,1-2H3;3-6,9-10H,7-8H2,1-2H3,(H,22,23,26);3-6,8H,7H2,1-2H3. The summed E-state index contributed by atoms with van der Waals surface area (Å²) >= 11 is 6.78. The number of fused-ring (bicyclic) bond motifs is 5. The third-order valence-corrected chi connectivity index (χ3v) is 22.5. The van der Waals surface area contributed by atoms with E-state index < -0.39 is 43.4 Å². The lowest BCUT2D eigenvalue weighted by Gasteiger charge is -2.12. The molecule has 560 valence electrons. The molecule has 2 amide bonds. The number of carbonyl (C=O) groups is 4. The van der Waals surface area contributed by atoms with Crippen molar-refractivity contribution in [3.05, 3.63) is 302 Å². The molecule has 0 unspecified atom stereocenters. The van der Waals surface area contributed by atoms with Gasteiger partial charge in [0.1, 0.15) is 29.7 Å². The number of anilines is 2. The van der Waals surface area contributed by atoms with Crippen LogP contribution in [-0.2, 0) is 13.0 Å². The van der Waals surface area contributed by atoms with Gasteiger partial charge in [-0.1, -0.05) is 89.0 Å². The van der Waals surface area contributed by atoms with Gasteiger partial charge in [-0.25, -0.2) is 18.2 Å². The first-order valence-corrected chi connectivity index (χ1v) is 38.8. The Labute approximate surface area is 649 Å². The van der Waals surface area contributed by atoms with E-state index >= 15 is 0 Å². The van der Waals surface area contributed by atoms with E-state index in [0.717, 1.165) is 52.7 Å². The van der Waals surface area contributed by atoms with Crippen molar-refractivity contribution in [3.8, 4) is 22.7 Å². The number of hydrogen-bond donors (Lipinski definition) is 2. The molecule has 10 aromatic heterocycles. The highest BCUT2D eigenvalue weighted by atomic mass is 32.1. The monoisotopic (exact) mass is 1580 g/mol. The number of aryl methyl sites for hydroxylation is 10. The average molecular weight is 1580 g/mol. The van der Waals surface area contributed by atoms with Crippen LogP contribution in [0.5, 0.6) is 0 Å². The molecule has 0 bridgehead atoms. The molecule has 10 heterocycles. The van der Waals surface area contributed by atoms with Gasteiger partial charge in [0.25, 0.3) is 34.1 Å². The first kappa shape index (κ1) is 77.0. The molecule has 0 radical (unpaired) electrons. The maximum atomic E-state index is 13.4. The van der Waals surface area contributed by atoms with E-state index in [0.29, 0.717) is 88.0 Å². The highest BCUT2D eigenvalue weighted by molar-refractivity contribution is 7.14. The number of nitrogens with zero attached hydrogens (tertiary/aromatic N) is 10. The van der Waals surface area contributed by atoms with Gasteiger partial charge in [0, 0.05) is 90.8 Å². The summed E-state index contributed by atoms with van der Waals surface area (Å²) in [4.78, 5) is 111. The Hall–Kier alpha value is -12.2. The van der Waals surface area contributed by atoms with E-state index in [1.807, 2.05) is 127 Å². The Morgan fingerprint density at radius 3 is 1.21 bits per heavy atom. The van der Waals surface area contributed by atoms with E-state index in [1.54, 1.807) is 86.9 Å². The molecular weight excluding hydrogens is 1520 g/mol. The molecular formula is C82H66F4N12O8S5. The molecule has 0 spiro atoms. The van der Waals surface area contributed by atoms with E-state index in [-0.39, 0.29) is 63.8 Å². The lowest BCUT2D eigenvalue weighted by atomic mass is 10.0. The highest BCUT2D eigenvalue weighted by Gasteiger charge is 2.27. The van der Waals surface area contributed by atoms with Crippen LogP contribution in [0.25, 0.3) is 76.7 Å². The third kappa shape index (κ3) is 15.9. The zero-order valence-corrected chi connectivity index (χ0v) is 64.7. The zero-order chi connectivity index (χ0) is 78.6. The number of nitrogens with one attached hydrogen (secondary N) is 2. The second-order valence-electron chi connectivity index (χ2n) is 25.7. The Kier molecular flexibility index (Phi) is 22.9. The number of para-hydroxylation sites is 1. The molecule has 0 saturated heterocycles. The minimum atomic E-state index is -1.14. The van der Waals surface area contributed by atoms with Crippen molar-refractivity contribution in [2.75, 3.05) is 30.7 Å². The van der Waals surface area contributed by atoms with Gasteiger partial charge >= 0.3 is 0 Å². The van der Waals surface area contributed by atoms with Gasteiger partial charge in [0.15, 0.2) is 23.2 Å². The molecule has 0 fully saturated rings. The smallest absolute Gasteiger partial charge is 0.280 e. The highest BCUT2D eigenvalue weighted by Crippen LogP contribution is 2.32. The Morgan fingerprint density at radius 1 is 0.423 bits per heavy atom. The minimum absolute atomic E-state index is 0.00187. The largest absolute Gasteiger partial charge is 0.325 e. The number of amides is 2. The number of alkyl halides is 3. The predicted molar refractivity (Wildman–Crippen MR) is 435 cm³/mol. The van der Waals surface area contributed by atoms with Gasteiger partial charge < -0.3 is 9.88 Å². The maximum absolute atomic E-state index is 13.4. The summed E-state index contributed by atoms with van der Waals surface area (Å²) < 4.78 is 58.5. The summed E-state index contributed by atoms with van der Waals surface area (Å²) in [5.74, 6) is -1.92. The number of Topliss-reactive ketones (excluding diaryl/α,β-unsaturated/α-hetero) is 1. The number of ketones is 2. The van der Waals surface area contributed by atoms with Crippen molar-refractivity contribution < 1.29 is 36.7 Å². The second-order valence-corrected chi connectivity index (χ2v) is 30.9. The van der Waals surface area contributed by atoms with Gasteiger partial charge in [-0.15, -0.1) is 56.7 Å². The number of benzene rings is 6. The van der Waals surface area contributed by atoms with Crippen LogP contribution in [0.1, 0.15) is 95.0 Å². The number of thiazole rings is 1. The van der Waals surface area contributed by atoms with Crippen LogP contribution in [0.2, 0.25) is 0 Å². The van der Waals surface area contributed by atoms with E-state index in [2.05, 4.69) is 36.0 Å². The van der Waals surface area contributed by atoms with Crippen LogP contribution in [-0.4, -0.2) is 92.1 Å². The zero-order valence-electron chi connectivity index (χ0n) is 60.6. The molecule has 0 saturated carbocycles. The minimum Gasteiger partial charge on any atom is -0.325 e. The SMILES string of the molecule is Cc1ccc(-n2nc(C(=O)CF)c3csc(C)c3c2=O)cc1.Cc1ccc(-n2nc(C(=O)Nc3cc4ccccc4n3CCF)c3csc(C)c3c2=O)cc1.Cc1ccc(-n2nc(C(=O)Nc3nc(CCF)cs3)c3csc(C)c3c2=O)cc1.Cc1ccc(-n2nc(C(=O)c3ccc(F)cc3)c3csc(C)c3c2=O)cc1. The molecule has 0 atom stereocenters. The van der Waals surface area contributed by atoms with Gasteiger partial charge in [-0.2, -0.15) is 39.1 Å². The lowest BCUT2D eigenvalue weighted by molar-refractivity contribution is 0.0952. The van der Waals surface area contributed by atoms with E-state index in [4.69, 9.17) is 0 Å². The van der Waals surface area contributed by atoms with Crippen LogP contribution < -0.4 is 32.9 Å². The van der Waals surface area contributed by atoms with Crippen LogP contribution in [0.3, 0.4) is 0 Å². The fraction of sp³-hybridized carbons (Fsp3) is 0.159. The lowest BCUT2D eigenvalue weighted by Crippen LogP contribution is -2.26. The summed E-state index contributed by atoms with van der Waals surface area (Å²) in [6.07, 6.45) is 0.205. The van der Waals surface area contributed by atoms with Crippen molar-refractivity contribution in [2.45, 2.75) is 68.4 Å². The Morgan fingerprint density at radius 2 is 0.802 bits per heavy atom. The second kappa shape index (κ2) is 33.0. The molecule has 2 N–H and O–H groups in total. The van der Waals surface area contributed by atoms with E-state index in [1.165, 1.54) is 99.7 Å². The molecule has 20 nitrogen and oxygen atoms in total. The van der Waals surface area contributed by atoms with Crippen molar-refractivity contribution in [1.82, 2.24) is 48.7 Å². The molecule has 0 aliphatic rings. The summed E-state index contributed by atoms with van der Waals surface area (Å²) in [7, 11) is 0. The number of carbonyl (C=O) groups excluding carboxylic acids is 4. The Bertz CT molecular complexity index is 6530. The van der Waals surface area contributed by atoms with Crippen molar-refractivity contribution >= 4 is 145 Å². The van der Waals surface area contributed by atoms with E-state index in [9.17, 15) is 55.9 Å². The fourth-order valence-corrected chi connectivity index (χ4v) is 16.4.